The van der Waals surface area contributed by atoms with Crippen molar-refractivity contribution in [1.82, 2.24) is 4.98 Å². The highest BCUT2D eigenvalue weighted by atomic mass is 32.1. The van der Waals surface area contributed by atoms with Crippen molar-refractivity contribution in [2.24, 2.45) is 5.73 Å². The number of hydrogen-bond acceptors (Lipinski definition) is 3. The molecule has 0 radical (unpaired) electrons. The summed E-state index contributed by atoms with van der Waals surface area (Å²) in [4.78, 5) is 4.90. The molecule has 0 saturated carbocycles. The van der Waals surface area contributed by atoms with Gasteiger partial charge in [-0.05, 0) is 6.07 Å². The fourth-order valence-electron chi connectivity index (χ4n) is 1.19. The fourth-order valence-corrected chi connectivity index (χ4v) is 2.01. The van der Waals surface area contributed by atoms with Crippen molar-refractivity contribution in [1.29, 1.82) is 0 Å². The molecule has 0 aliphatic heterocycles. The third kappa shape index (κ3) is 1.66. The highest BCUT2D eigenvalue weighted by Crippen LogP contribution is 2.27. The molecule has 14 heavy (non-hydrogen) atoms. The summed E-state index contributed by atoms with van der Waals surface area (Å²) in [6.07, 6.45) is 1.66. The summed E-state index contributed by atoms with van der Waals surface area (Å²) >= 11 is 1.42. The van der Waals surface area contributed by atoms with Crippen LogP contribution in [0.3, 0.4) is 0 Å². The van der Waals surface area contributed by atoms with Crippen LogP contribution in [0.4, 0.5) is 4.39 Å². The minimum absolute atomic E-state index is 0.222. The first-order valence-corrected chi connectivity index (χ1v) is 5.02. The van der Waals surface area contributed by atoms with Crippen LogP contribution in [0, 0.1) is 5.82 Å². The van der Waals surface area contributed by atoms with Crippen LogP contribution in [0.25, 0.3) is 10.4 Å². The number of hydrogen-bond donors (Lipinski definition) is 1. The standard InChI is InChI=1S/C10H9FN2S/c11-8-4-2-1-3-7(8)9-6-13-10(5-12)14-9/h1-4,6H,5,12H2. The maximum atomic E-state index is 13.3. The van der Waals surface area contributed by atoms with Crippen molar-refractivity contribution in [3.05, 3.63) is 41.3 Å². The van der Waals surface area contributed by atoms with Gasteiger partial charge in [-0.3, -0.25) is 0 Å². The molecule has 0 amide bonds. The first-order valence-electron chi connectivity index (χ1n) is 4.21. The zero-order chi connectivity index (χ0) is 9.97. The van der Waals surface area contributed by atoms with Crippen molar-refractivity contribution in [3.63, 3.8) is 0 Å². The Morgan fingerprint density at radius 3 is 2.79 bits per heavy atom. The number of nitrogens with two attached hydrogens (primary N) is 1. The molecule has 2 nitrogen and oxygen atoms in total. The summed E-state index contributed by atoms with van der Waals surface area (Å²) in [5.41, 5.74) is 6.02. The van der Waals surface area contributed by atoms with Crippen molar-refractivity contribution in [2.75, 3.05) is 0 Å². The van der Waals surface area contributed by atoms with E-state index in [2.05, 4.69) is 4.98 Å². The van der Waals surface area contributed by atoms with Crippen molar-refractivity contribution in [3.8, 4) is 10.4 Å². The minimum Gasteiger partial charge on any atom is -0.325 e. The van der Waals surface area contributed by atoms with Crippen molar-refractivity contribution >= 4 is 11.3 Å². The lowest BCUT2D eigenvalue weighted by Crippen LogP contribution is -1.93. The number of nitrogens with zero attached hydrogens (tertiary/aromatic N) is 1. The highest BCUT2D eigenvalue weighted by Gasteiger charge is 2.07. The summed E-state index contributed by atoms with van der Waals surface area (Å²) in [6, 6.07) is 6.66. The van der Waals surface area contributed by atoms with Crippen LogP contribution < -0.4 is 5.73 Å². The van der Waals surface area contributed by atoms with Gasteiger partial charge in [0.1, 0.15) is 10.8 Å². The molecule has 2 aromatic rings. The molecule has 0 bridgehead atoms. The molecule has 1 aromatic carbocycles. The van der Waals surface area contributed by atoms with E-state index in [-0.39, 0.29) is 5.82 Å². The molecule has 0 aliphatic carbocycles. The quantitative estimate of drug-likeness (QED) is 0.823. The van der Waals surface area contributed by atoms with Gasteiger partial charge in [0.05, 0.1) is 4.88 Å². The second kappa shape index (κ2) is 3.86. The Bertz CT molecular complexity index is 439. The predicted molar refractivity (Wildman–Crippen MR) is 55.4 cm³/mol. The molecule has 4 heteroatoms. The number of thiazole rings is 1. The third-order valence-electron chi connectivity index (χ3n) is 1.87. The molecule has 0 unspecified atom stereocenters. The molecule has 0 fully saturated rings. The molecule has 0 spiro atoms. The molecule has 2 N–H and O–H groups in total. The number of rotatable bonds is 2. The largest absolute Gasteiger partial charge is 0.325 e. The summed E-state index contributed by atoms with van der Waals surface area (Å²) in [5, 5.41) is 0.822. The number of benzene rings is 1. The zero-order valence-electron chi connectivity index (χ0n) is 7.40. The molecular weight excluding hydrogens is 199 g/mol. The zero-order valence-corrected chi connectivity index (χ0v) is 8.22. The molecule has 0 atom stereocenters. The lowest BCUT2D eigenvalue weighted by molar-refractivity contribution is 0.631. The van der Waals surface area contributed by atoms with E-state index in [4.69, 9.17) is 5.73 Å². The van der Waals surface area contributed by atoms with E-state index < -0.39 is 0 Å². The Morgan fingerprint density at radius 1 is 1.36 bits per heavy atom. The second-order valence-electron chi connectivity index (χ2n) is 2.80. The van der Waals surface area contributed by atoms with Gasteiger partial charge in [-0.2, -0.15) is 0 Å². The molecule has 1 heterocycles. The number of aromatic nitrogens is 1. The van der Waals surface area contributed by atoms with Gasteiger partial charge in [-0.1, -0.05) is 18.2 Å². The summed E-state index contributed by atoms with van der Waals surface area (Å²) in [6.45, 7) is 0.402. The molecule has 1 aromatic heterocycles. The maximum absolute atomic E-state index is 13.3. The van der Waals surface area contributed by atoms with E-state index >= 15 is 0 Å². The second-order valence-corrected chi connectivity index (χ2v) is 3.92. The molecule has 0 saturated heterocycles. The van der Waals surface area contributed by atoms with Gasteiger partial charge in [0, 0.05) is 18.3 Å². The minimum atomic E-state index is -0.222. The average Bonchev–Trinajstić information content (AvgIpc) is 2.67. The van der Waals surface area contributed by atoms with Gasteiger partial charge >= 0.3 is 0 Å². The summed E-state index contributed by atoms with van der Waals surface area (Å²) in [5.74, 6) is -0.222. The lowest BCUT2D eigenvalue weighted by Gasteiger charge is -1.96. The van der Waals surface area contributed by atoms with Crippen LogP contribution in [0.2, 0.25) is 0 Å². The Morgan fingerprint density at radius 2 is 2.14 bits per heavy atom. The smallest absolute Gasteiger partial charge is 0.131 e. The van der Waals surface area contributed by atoms with Gasteiger partial charge in [0.15, 0.2) is 0 Å². The van der Waals surface area contributed by atoms with Crippen molar-refractivity contribution < 1.29 is 4.39 Å². The van der Waals surface area contributed by atoms with Crippen LogP contribution >= 0.6 is 11.3 Å². The molecule has 72 valence electrons. The molecule has 0 aliphatic rings. The number of halogens is 1. The topological polar surface area (TPSA) is 38.9 Å². The van der Waals surface area contributed by atoms with E-state index in [1.807, 2.05) is 0 Å². The highest BCUT2D eigenvalue weighted by molar-refractivity contribution is 7.15. The van der Waals surface area contributed by atoms with Crippen LogP contribution in [-0.2, 0) is 6.54 Å². The van der Waals surface area contributed by atoms with Gasteiger partial charge in [-0.15, -0.1) is 11.3 Å². The van der Waals surface area contributed by atoms with E-state index in [0.29, 0.717) is 12.1 Å². The average molecular weight is 208 g/mol. The van der Waals surface area contributed by atoms with Crippen molar-refractivity contribution in [2.45, 2.75) is 6.54 Å². The van der Waals surface area contributed by atoms with Crippen LogP contribution in [0.1, 0.15) is 5.01 Å². The molecular formula is C10H9FN2S. The molecule has 2 rings (SSSR count). The van der Waals surface area contributed by atoms with E-state index in [1.165, 1.54) is 17.4 Å². The van der Waals surface area contributed by atoms with Gasteiger partial charge in [0.25, 0.3) is 0 Å². The van der Waals surface area contributed by atoms with Gasteiger partial charge in [0.2, 0.25) is 0 Å². The first-order chi connectivity index (χ1) is 6.81. The van der Waals surface area contributed by atoms with E-state index in [0.717, 1.165) is 9.88 Å². The van der Waals surface area contributed by atoms with E-state index in [1.54, 1.807) is 24.4 Å². The van der Waals surface area contributed by atoms with Crippen LogP contribution in [0.15, 0.2) is 30.5 Å². The Labute approximate surface area is 85.2 Å². The lowest BCUT2D eigenvalue weighted by atomic mass is 10.2. The fraction of sp³-hybridized carbons (Fsp3) is 0.100. The maximum Gasteiger partial charge on any atom is 0.131 e. The van der Waals surface area contributed by atoms with Gasteiger partial charge in [-0.25, -0.2) is 9.37 Å². The van der Waals surface area contributed by atoms with E-state index in [9.17, 15) is 4.39 Å². The van der Waals surface area contributed by atoms with Crippen LogP contribution in [-0.4, -0.2) is 4.98 Å². The monoisotopic (exact) mass is 208 g/mol. The Kier molecular flexibility index (Phi) is 2.56. The first kappa shape index (κ1) is 9.30. The summed E-state index contributed by atoms with van der Waals surface area (Å²) < 4.78 is 13.3. The summed E-state index contributed by atoms with van der Waals surface area (Å²) in [7, 11) is 0. The predicted octanol–water partition coefficient (Wildman–Crippen LogP) is 2.41. The Balaban J connectivity index is 2.44. The van der Waals surface area contributed by atoms with Gasteiger partial charge < -0.3 is 5.73 Å². The third-order valence-corrected chi connectivity index (χ3v) is 2.92. The van der Waals surface area contributed by atoms with Crippen LogP contribution in [0.5, 0.6) is 0 Å². The Hall–Kier alpha value is -1.26. The normalized spacial score (nSPS) is 10.4. The SMILES string of the molecule is NCc1ncc(-c2ccccc2F)s1.